The molecule has 0 aliphatic heterocycles. The number of aromatic nitrogens is 2. The van der Waals surface area contributed by atoms with Crippen LogP contribution in [0.15, 0.2) is 200 Å². The second kappa shape index (κ2) is 13.6. The van der Waals surface area contributed by atoms with Crippen LogP contribution in [0.1, 0.15) is 20.9 Å². The smallest absolute Gasteiger partial charge is 0.143 e. The summed E-state index contributed by atoms with van der Waals surface area (Å²) < 4.78 is 66.9. The third-order valence-corrected chi connectivity index (χ3v) is 9.32. The van der Waals surface area contributed by atoms with Crippen molar-refractivity contribution in [1.29, 1.82) is 0 Å². The number of hydrogen-bond acceptors (Lipinski definition) is 3. The number of benzene rings is 6. The van der Waals surface area contributed by atoms with Crippen LogP contribution in [0.5, 0.6) is 0 Å². The average Bonchev–Trinajstić information content (AvgIpc) is 3.69. The van der Waals surface area contributed by atoms with E-state index in [9.17, 15) is 0 Å². The first-order valence-corrected chi connectivity index (χ1v) is 17.1. The monoisotopic (exact) mass is 685 g/mol. The van der Waals surface area contributed by atoms with Crippen molar-refractivity contribution < 1.29 is 14.0 Å². The van der Waals surface area contributed by atoms with Crippen molar-refractivity contribution in [2.24, 2.45) is 0 Å². The van der Waals surface area contributed by atoms with Crippen LogP contribution >= 0.6 is 0 Å². The number of fused-ring (bicyclic) bond motifs is 4. The molecule has 3 heteroatoms. The van der Waals surface area contributed by atoms with Crippen molar-refractivity contribution in [2.75, 3.05) is 0 Å². The highest BCUT2D eigenvalue weighted by atomic mass is 16.3. The van der Waals surface area contributed by atoms with E-state index in [0.717, 1.165) is 49.9 Å². The van der Waals surface area contributed by atoms with E-state index < -0.39 is 24.3 Å². The van der Waals surface area contributed by atoms with Gasteiger partial charge in [-0.05, 0) is 45.1 Å². The molecule has 0 saturated carbocycles. The van der Waals surface area contributed by atoms with Crippen LogP contribution in [0.3, 0.4) is 0 Å². The van der Waals surface area contributed by atoms with Gasteiger partial charge in [0.2, 0.25) is 0 Å². The zero-order valence-electron chi connectivity index (χ0n) is 35.5. The highest BCUT2D eigenvalue weighted by Crippen LogP contribution is 2.47. The molecule has 0 atom stereocenters. The van der Waals surface area contributed by atoms with Gasteiger partial charge in [-0.2, -0.15) is 0 Å². The summed E-state index contributed by atoms with van der Waals surface area (Å²) in [5.41, 5.74) is 7.69. The lowest BCUT2D eigenvalue weighted by Crippen LogP contribution is -1.91. The number of pyridine rings is 2. The molecule has 9 aromatic rings. The van der Waals surface area contributed by atoms with Crippen LogP contribution in [0, 0.1) is 0 Å². The van der Waals surface area contributed by atoms with Crippen LogP contribution in [0.25, 0.3) is 88.6 Å². The highest BCUT2D eigenvalue weighted by molar-refractivity contribution is 6.07. The first-order chi connectivity index (χ1) is 29.0. The van der Waals surface area contributed by atoms with E-state index in [1.165, 1.54) is 0 Å². The van der Waals surface area contributed by atoms with Gasteiger partial charge in [0.25, 0.3) is 0 Å². The molecule has 0 fully saturated rings. The van der Waals surface area contributed by atoms with Crippen molar-refractivity contribution in [3.8, 4) is 44.8 Å². The summed E-state index contributed by atoms with van der Waals surface area (Å²) in [6.45, 7) is 8.94. The fourth-order valence-electron chi connectivity index (χ4n) is 6.80. The third-order valence-electron chi connectivity index (χ3n) is 9.32. The molecule has 6 aromatic carbocycles. The Bertz CT molecular complexity index is 3250. The van der Waals surface area contributed by atoms with E-state index in [2.05, 4.69) is 42.4 Å². The molecule has 0 aliphatic carbocycles. The quantitative estimate of drug-likeness (QED) is 0.118. The van der Waals surface area contributed by atoms with Crippen molar-refractivity contribution in [2.45, 2.75) is 0 Å². The molecular formula is C50H34N2O. The molecule has 3 heterocycles. The van der Waals surface area contributed by atoms with Gasteiger partial charge in [0, 0.05) is 44.8 Å². The number of allylic oxidation sites excluding steroid dienone is 4. The summed E-state index contributed by atoms with van der Waals surface area (Å²) in [6, 6.07) is 39.5. The van der Waals surface area contributed by atoms with Crippen molar-refractivity contribution in [3.63, 3.8) is 0 Å². The summed E-state index contributed by atoms with van der Waals surface area (Å²) in [7, 11) is 0. The lowest BCUT2D eigenvalue weighted by Gasteiger charge is -2.13. The highest BCUT2D eigenvalue weighted by Gasteiger charge is 2.25. The van der Waals surface area contributed by atoms with Gasteiger partial charge in [0.05, 0.1) is 26.3 Å². The van der Waals surface area contributed by atoms with Crippen molar-refractivity contribution in [3.05, 3.63) is 206 Å². The zero-order chi connectivity index (χ0) is 41.8. The molecule has 9 rings (SSSR count). The lowest BCUT2D eigenvalue weighted by molar-refractivity contribution is 0.570. The Morgan fingerprint density at radius 2 is 1.15 bits per heavy atom. The Kier molecular flexibility index (Phi) is 6.38. The normalized spacial score (nSPS) is 13.3. The molecule has 0 N–H and O–H groups in total. The first kappa shape index (κ1) is 25.0. The molecular weight excluding hydrogens is 645 g/mol. The molecule has 250 valence electrons. The van der Waals surface area contributed by atoms with Crippen molar-refractivity contribution in [1.82, 2.24) is 9.97 Å². The van der Waals surface area contributed by atoms with Gasteiger partial charge >= 0.3 is 0 Å². The molecule has 3 aromatic heterocycles. The standard InChI is InChI=1S/C50H34N2O/c1-33(40-29-30-43(42-23-13-12-22-41(40)42)44-31-28-38-27-26-37-21-14-32-51-47(37)48(38)52-44)24-25-34(2)49-45(35-15-6-3-7-16-35)46(36-17-8-4-9-18-36)50(53-49)39-19-10-5-11-20-39/h3-32H,1-2H2/b25-24-/i14D,21D,26D,27D,28D,31D,32D. The van der Waals surface area contributed by atoms with E-state index in [-0.39, 0.29) is 45.6 Å². The minimum absolute atomic E-state index is 0.0230. The molecule has 0 saturated heterocycles. The summed E-state index contributed by atoms with van der Waals surface area (Å²) in [6.07, 6.45) is 3.33. The molecule has 0 bridgehead atoms. The molecule has 0 radical (unpaired) electrons. The summed E-state index contributed by atoms with van der Waals surface area (Å²) in [5.74, 6) is 1.37. The minimum Gasteiger partial charge on any atom is -0.455 e. The van der Waals surface area contributed by atoms with E-state index in [4.69, 9.17) is 19.0 Å². The van der Waals surface area contributed by atoms with E-state index in [1.807, 2.05) is 115 Å². The van der Waals surface area contributed by atoms with E-state index >= 15 is 0 Å². The summed E-state index contributed by atoms with van der Waals surface area (Å²) in [4.78, 5) is 8.99. The van der Waals surface area contributed by atoms with Gasteiger partial charge in [-0.3, -0.25) is 4.98 Å². The zero-order valence-corrected chi connectivity index (χ0v) is 28.5. The van der Waals surface area contributed by atoms with E-state index in [0.29, 0.717) is 22.5 Å². The SMILES string of the molecule is [2H]c1nc2c(c([2H])c1[2H])c([2H])c([2H])c1c([2H])c([2H])c(-c3ccc(C(=C)/C=C\C(=C)c4oc(-c5ccccc5)c(-c5ccccc5)c4-c4ccccc4)c4ccccc34)nc12. The third kappa shape index (κ3) is 5.85. The van der Waals surface area contributed by atoms with Gasteiger partial charge in [0.1, 0.15) is 11.5 Å². The Morgan fingerprint density at radius 3 is 1.87 bits per heavy atom. The molecule has 53 heavy (non-hydrogen) atoms. The maximum absolute atomic E-state index is 9.06. The van der Waals surface area contributed by atoms with Crippen LogP contribution < -0.4 is 0 Å². The maximum Gasteiger partial charge on any atom is 0.143 e. The minimum atomic E-state index is -0.476. The predicted octanol–water partition coefficient (Wildman–Crippen LogP) is 13.5. The molecule has 0 unspecified atom stereocenters. The second-order valence-electron chi connectivity index (χ2n) is 12.6. The molecule has 0 amide bonds. The first-order valence-electron chi connectivity index (χ1n) is 20.6. The fraction of sp³-hybridized carbons (Fsp3) is 0. The summed E-state index contributed by atoms with van der Waals surface area (Å²) >= 11 is 0. The predicted molar refractivity (Wildman–Crippen MR) is 222 cm³/mol. The summed E-state index contributed by atoms with van der Waals surface area (Å²) in [5, 5.41) is 1.39. The largest absolute Gasteiger partial charge is 0.455 e. The molecule has 0 spiro atoms. The lowest BCUT2D eigenvalue weighted by atomic mass is 9.91. The van der Waals surface area contributed by atoms with Crippen LogP contribution in [0.4, 0.5) is 0 Å². The number of rotatable bonds is 8. The van der Waals surface area contributed by atoms with Crippen LogP contribution in [0.2, 0.25) is 0 Å². The number of nitrogens with zero attached hydrogens (tertiary/aromatic N) is 2. The average molecular weight is 686 g/mol. The Hall–Kier alpha value is -7.10. The van der Waals surface area contributed by atoms with Gasteiger partial charge in [0.15, 0.2) is 0 Å². The van der Waals surface area contributed by atoms with E-state index in [1.54, 1.807) is 0 Å². The van der Waals surface area contributed by atoms with Gasteiger partial charge in [-0.15, -0.1) is 0 Å². The fourth-order valence-corrected chi connectivity index (χ4v) is 6.80. The van der Waals surface area contributed by atoms with Gasteiger partial charge in [-0.25, -0.2) is 4.98 Å². The van der Waals surface area contributed by atoms with Gasteiger partial charge in [-0.1, -0.05) is 177 Å². The van der Waals surface area contributed by atoms with Gasteiger partial charge < -0.3 is 4.42 Å². The molecule has 0 aliphatic rings. The maximum atomic E-state index is 9.06. The van der Waals surface area contributed by atoms with Crippen LogP contribution in [-0.4, -0.2) is 9.97 Å². The number of furan rings is 1. The van der Waals surface area contributed by atoms with Crippen LogP contribution in [-0.2, 0) is 0 Å². The topological polar surface area (TPSA) is 38.9 Å². The Labute approximate surface area is 318 Å². The molecule has 3 nitrogen and oxygen atoms in total. The second-order valence-corrected chi connectivity index (χ2v) is 12.6. The Balaban J connectivity index is 1.15. The Morgan fingerprint density at radius 1 is 0.566 bits per heavy atom. The number of hydrogen-bond donors (Lipinski definition) is 0. The van der Waals surface area contributed by atoms with Crippen molar-refractivity contribution >= 4 is 43.7 Å².